The van der Waals surface area contributed by atoms with E-state index in [0.29, 0.717) is 30.7 Å². The molecule has 0 fully saturated rings. The molecule has 1 aromatic heterocycles. The van der Waals surface area contributed by atoms with Gasteiger partial charge in [0.25, 0.3) is 11.8 Å². The van der Waals surface area contributed by atoms with Gasteiger partial charge in [0.1, 0.15) is 13.2 Å². The molecule has 3 rings (SSSR count). The number of aromatic nitrogens is 2. The molecule has 15 heavy (non-hydrogen) atoms. The average Bonchev–Trinajstić information content (AvgIpc) is 2.26. The first-order valence-electron chi connectivity index (χ1n) is 4.66. The number of fused-ring (bicyclic) bond motifs is 2. The molecular weight excluding hydrogens is 194 g/mol. The van der Waals surface area contributed by atoms with Crippen LogP contribution in [0.5, 0.6) is 11.8 Å². The number of benzene rings is 1. The minimum atomic E-state index is 0.444. The number of hydrogen-bond donors (Lipinski definition) is 1. The first kappa shape index (κ1) is 8.28. The number of anilines is 1. The van der Waals surface area contributed by atoms with Crippen LogP contribution in [0.2, 0.25) is 0 Å². The Balaban J connectivity index is 2.26. The highest BCUT2D eigenvalue weighted by Gasteiger charge is 2.15. The monoisotopic (exact) mass is 203 g/mol. The predicted octanol–water partition coefficient (Wildman–Crippen LogP) is 0.983. The van der Waals surface area contributed by atoms with Gasteiger partial charge in [-0.1, -0.05) is 0 Å². The first-order valence-corrected chi connectivity index (χ1v) is 4.66. The van der Waals surface area contributed by atoms with Crippen LogP contribution in [-0.4, -0.2) is 23.2 Å². The predicted molar refractivity (Wildman–Crippen MR) is 54.9 cm³/mol. The minimum absolute atomic E-state index is 0.444. The van der Waals surface area contributed by atoms with Crippen LogP contribution in [0.4, 0.5) is 5.69 Å². The number of nitrogen functional groups attached to an aromatic ring is 1. The Labute approximate surface area is 85.8 Å². The molecule has 0 amide bonds. The molecule has 1 aliphatic heterocycles. The zero-order valence-corrected chi connectivity index (χ0v) is 7.93. The highest BCUT2D eigenvalue weighted by atomic mass is 16.6. The summed E-state index contributed by atoms with van der Waals surface area (Å²) in [6.45, 7) is 1.03. The molecule has 2 aromatic rings. The lowest BCUT2D eigenvalue weighted by Crippen LogP contribution is -2.17. The fourth-order valence-corrected chi connectivity index (χ4v) is 1.50. The van der Waals surface area contributed by atoms with Crippen molar-refractivity contribution in [2.75, 3.05) is 18.9 Å². The molecule has 0 saturated carbocycles. The van der Waals surface area contributed by atoms with Crippen LogP contribution in [0.15, 0.2) is 18.2 Å². The molecule has 1 aromatic carbocycles. The fraction of sp³-hybridized carbons (Fsp3) is 0.200. The van der Waals surface area contributed by atoms with E-state index in [1.54, 1.807) is 12.1 Å². The lowest BCUT2D eigenvalue weighted by Gasteiger charge is -2.16. The van der Waals surface area contributed by atoms with Crippen LogP contribution < -0.4 is 15.2 Å². The summed E-state index contributed by atoms with van der Waals surface area (Å²) >= 11 is 0. The van der Waals surface area contributed by atoms with Crippen molar-refractivity contribution < 1.29 is 9.47 Å². The van der Waals surface area contributed by atoms with Crippen LogP contribution in [0.3, 0.4) is 0 Å². The second-order valence-electron chi connectivity index (χ2n) is 3.28. The van der Waals surface area contributed by atoms with Gasteiger partial charge in [-0.05, 0) is 18.2 Å². The summed E-state index contributed by atoms with van der Waals surface area (Å²) in [4.78, 5) is 8.58. The highest BCUT2D eigenvalue weighted by molar-refractivity contribution is 5.79. The van der Waals surface area contributed by atoms with E-state index >= 15 is 0 Å². The number of ether oxygens (including phenoxy) is 2. The summed E-state index contributed by atoms with van der Waals surface area (Å²) in [5.41, 5.74) is 7.80. The van der Waals surface area contributed by atoms with Crippen molar-refractivity contribution in [2.24, 2.45) is 0 Å². The van der Waals surface area contributed by atoms with Gasteiger partial charge < -0.3 is 15.2 Å². The van der Waals surface area contributed by atoms with Gasteiger partial charge in [0.15, 0.2) is 0 Å². The van der Waals surface area contributed by atoms with Crippen LogP contribution in [0.25, 0.3) is 11.0 Å². The van der Waals surface area contributed by atoms with Crippen molar-refractivity contribution in [2.45, 2.75) is 0 Å². The molecule has 0 unspecified atom stereocenters. The molecule has 2 N–H and O–H groups in total. The van der Waals surface area contributed by atoms with E-state index in [4.69, 9.17) is 15.2 Å². The fourth-order valence-electron chi connectivity index (χ4n) is 1.50. The summed E-state index contributed by atoms with van der Waals surface area (Å²) in [5.74, 6) is 0.901. The van der Waals surface area contributed by atoms with Gasteiger partial charge in [-0.3, -0.25) is 0 Å². The maximum absolute atomic E-state index is 5.66. The second-order valence-corrected chi connectivity index (χ2v) is 3.28. The number of nitrogens with two attached hydrogens (primary N) is 1. The van der Waals surface area contributed by atoms with Crippen molar-refractivity contribution in [3.63, 3.8) is 0 Å². The van der Waals surface area contributed by atoms with Crippen LogP contribution >= 0.6 is 0 Å². The maximum atomic E-state index is 5.66. The smallest absolute Gasteiger partial charge is 0.278 e. The third-order valence-electron chi connectivity index (χ3n) is 2.19. The van der Waals surface area contributed by atoms with Gasteiger partial charge in [-0.25, -0.2) is 9.97 Å². The largest absolute Gasteiger partial charge is 0.470 e. The summed E-state index contributed by atoms with van der Waals surface area (Å²) in [5, 5.41) is 0. The Morgan fingerprint density at radius 2 is 1.67 bits per heavy atom. The molecule has 2 heterocycles. The van der Waals surface area contributed by atoms with Crippen LogP contribution in [-0.2, 0) is 0 Å². The topological polar surface area (TPSA) is 70.3 Å². The Morgan fingerprint density at radius 3 is 2.40 bits per heavy atom. The summed E-state index contributed by atoms with van der Waals surface area (Å²) in [7, 11) is 0. The Bertz CT molecular complexity index is 527. The Kier molecular flexibility index (Phi) is 1.65. The second kappa shape index (κ2) is 2.98. The van der Waals surface area contributed by atoms with Gasteiger partial charge in [-0.2, -0.15) is 0 Å². The molecule has 5 nitrogen and oxygen atoms in total. The Hall–Kier alpha value is -2.04. The molecule has 0 aliphatic carbocycles. The minimum Gasteiger partial charge on any atom is -0.470 e. The number of rotatable bonds is 0. The molecule has 0 radical (unpaired) electrons. The zero-order valence-electron chi connectivity index (χ0n) is 7.93. The van der Waals surface area contributed by atoms with Crippen molar-refractivity contribution in [3.05, 3.63) is 18.2 Å². The van der Waals surface area contributed by atoms with E-state index in [2.05, 4.69) is 9.97 Å². The van der Waals surface area contributed by atoms with Crippen molar-refractivity contribution >= 4 is 16.7 Å². The number of nitrogens with zero attached hydrogens (tertiary/aromatic N) is 2. The van der Waals surface area contributed by atoms with Crippen molar-refractivity contribution in [1.82, 2.24) is 9.97 Å². The van der Waals surface area contributed by atoms with Gasteiger partial charge in [0.05, 0.1) is 11.0 Å². The van der Waals surface area contributed by atoms with Gasteiger partial charge in [-0.15, -0.1) is 0 Å². The Morgan fingerprint density at radius 1 is 1.00 bits per heavy atom. The van der Waals surface area contributed by atoms with E-state index in [1.165, 1.54) is 0 Å². The molecular formula is C10H9N3O2. The molecule has 5 heteroatoms. The molecule has 0 bridgehead atoms. The van der Waals surface area contributed by atoms with Crippen molar-refractivity contribution in [3.8, 4) is 11.8 Å². The molecule has 0 saturated heterocycles. The van der Waals surface area contributed by atoms with E-state index in [-0.39, 0.29) is 0 Å². The standard InChI is InChI=1S/C10H9N3O2/c11-6-1-2-7-8(5-6)13-10-9(12-7)14-3-4-15-10/h1-2,5H,3-4,11H2. The highest BCUT2D eigenvalue weighted by Crippen LogP contribution is 2.28. The normalized spacial score (nSPS) is 14.1. The van der Waals surface area contributed by atoms with Crippen LogP contribution in [0, 0.1) is 0 Å². The molecule has 0 spiro atoms. The third-order valence-corrected chi connectivity index (χ3v) is 2.19. The summed E-state index contributed by atoms with van der Waals surface area (Å²) in [6, 6.07) is 5.36. The third kappa shape index (κ3) is 1.32. The van der Waals surface area contributed by atoms with Crippen LogP contribution in [0.1, 0.15) is 0 Å². The van der Waals surface area contributed by atoms with E-state index in [0.717, 1.165) is 11.0 Å². The maximum Gasteiger partial charge on any atom is 0.278 e. The molecule has 1 aliphatic rings. The summed E-state index contributed by atoms with van der Waals surface area (Å²) < 4.78 is 10.7. The lowest BCUT2D eigenvalue weighted by atomic mass is 10.2. The zero-order chi connectivity index (χ0) is 10.3. The van der Waals surface area contributed by atoms with E-state index < -0.39 is 0 Å². The van der Waals surface area contributed by atoms with Gasteiger partial charge in [0, 0.05) is 5.69 Å². The summed E-state index contributed by atoms with van der Waals surface area (Å²) in [6.07, 6.45) is 0. The van der Waals surface area contributed by atoms with Crippen molar-refractivity contribution in [1.29, 1.82) is 0 Å². The SMILES string of the molecule is Nc1ccc2nc3c(nc2c1)OCCO3. The number of hydrogen-bond acceptors (Lipinski definition) is 5. The molecule has 76 valence electrons. The molecule has 0 atom stereocenters. The van der Waals surface area contributed by atoms with E-state index in [1.807, 2.05) is 6.07 Å². The average molecular weight is 203 g/mol. The quantitative estimate of drug-likeness (QED) is 0.646. The first-order chi connectivity index (χ1) is 7.33. The van der Waals surface area contributed by atoms with E-state index in [9.17, 15) is 0 Å². The van der Waals surface area contributed by atoms with Gasteiger partial charge in [0.2, 0.25) is 0 Å². The lowest BCUT2D eigenvalue weighted by molar-refractivity contribution is 0.158. The van der Waals surface area contributed by atoms with Gasteiger partial charge >= 0.3 is 0 Å².